The van der Waals surface area contributed by atoms with E-state index in [1.165, 1.54) is 30.2 Å². The highest BCUT2D eigenvalue weighted by molar-refractivity contribution is 7.91. The molecule has 2 aliphatic rings. The molecular weight excluding hydrogens is 363 g/mol. The van der Waals surface area contributed by atoms with Crippen molar-refractivity contribution in [3.05, 3.63) is 46.9 Å². The third kappa shape index (κ3) is 3.18. The lowest BCUT2D eigenvalue weighted by atomic mass is 9.94. The number of rotatable bonds is 3. The molecule has 2 heterocycles. The third-order valence-electron chi connectivity index (χ3n) is 4.72. The van der Waals surface area contributed by atoms with Gasteiger partial charge in [0.2, 0.25) is 0 Å². The van der Waals surface area contributed by atoms with Gasteiger partial charge in [-0.15, -0.1) is 0 Å². The first-order valence-electron chi connectivity index (χ1n) is 8.09. The summed E-state index contributed by atoms with van der Waals surface area (Å²) < 4.78 is 42.6. The van der Waals surface area contributed by atoms with Crippen molar-refractivity contribution >= 4 is 21.8 Å². The predicted molar refractivity (Wildman–Crippen MR) is 91.3 cm³/mol. The smallest absolute Gasteiger partial charge is 0.337 e. The summed E-state index contributed by atoms with van der Waals surface area (Å²) in [7, 11) is -2.03. The summed E-state index contributed by atoms with van der Waals surface area (Å²) in [5.41, 5.74) is 0.497. The standard InChI is InChI=1S/C17H19FN2O5S/c1-10-14(16(21)25-2)15(12-5-3-4-6-13(12)18)19-17(22)20(10)11-7-8-26(23,24)9-11/h3-6,11,15H,7-9H2,1-2H3,(H,19,22)/t11-,15+/m0/s1. The van der Waals surface area contributed by atoms with Crippen LogP contribution in [0.5, 0.6) is 0 Å². The van der Waals surface area contributed by atoms with Crippen LogP contribution in [-0.2, 0) is 19.4 Å². The number of methoxy groups -OCH3 is 1. The van der Waals surface area contributed by atoms with Crippen molar-refractivity contribution in [3.63, 3.8) is 0 Å². The van der Waals surface area contributed by atoms with Crippen LogP contribution in [0.25, 0.3) is 0 Å². The minimum Gasteiger partial charge on any atom is -0.466 e. The number of carbonyl (C=O) groups excluding carboxylic acids is 2. The molecule has 0 spiro atoms. The van der Waals surface area contributed by atoms with E-state index >= 15 is 0 Å². The first-order chi connectivity index (χ1) is 12.2. The Morgan fingerprint density at radius 1 is 1.35 bits per heavy atom. The first kappa shape index (κ1) is 18.4. The number of esters is 1. The topological polar surface area (TPSA) is 92.8 Å². The zero-order valence-electron chi connectivity index (χ0n) is 14.4. The van der Waals surface area contributed by atoms with Crippen molar-refractivity contribution < 1.29 is 27.1 Å². The number of amides is 2. The average Bonchev–Trinajstić information content (AvgIpc) is 2.93. The number of allylic oxidation sites excluding steroid dienone is 1. The molecule has 1 aromatic carbocycles. The molecule has 2 aliphatic heterocycles. The molecule has 26 heavy (non-hydrogen) atoms. The molecule has 0 radical (unpaired) electrons. The minimum atomic E-state index is -3.23. The van der Waals surface area contributed by atoms with Crippen LogP contribution in [0.1, 0.15) is 24.9 Å². The van der Waals surface area contributed by atoms with Crippen LogP contribution in [0.2, 0.25) is 0 Å². The molecule has 2 amide bonds. The lowest BCUT2D eigenvalue weighted by Gasteiger charge is -2.38. The largest absolute Gasteiger partial charge is 0.466 e. The maximum absolute atomic E-state index is 14.2. The molecule has 2 atom stereocenters. The van der Waals surface area contributed by atoms with Gasteiger partial charge in [0.25, 0.3) is 0 Å². The van der Waals surface area contributed by atoms with Crippen LogP contribution in [0, 0.1) is 5.82 Å². The summed E-state index contributed by atoms with van der Waals surface area (Å²) >= 11 is 0. The summed E-state index contributed by atoms with van der Waals surface area (Å²) in [6, 6.07) is 3.68. The van der Waals surface area contributed by atoms with Crippen LogP contribution < -0.4 is 5.32 Å². The molecule has 7 nitrogen and oxygen atoms in total. The van der Waals surface area contributed by atoms with Crippen molar-refractivity contribution in [2.24, 2.45) is 0 Å². The highest BCUT2D eigenvalue weighted by Crippen LogP contribution is 2.35. The van der Waals surface area contributed by atoms with Crippen molar-refractivity contribution in [2.75, 3.05) is 18.6 Å². The lowest BCUT2D eigenvalue weighted by Crippen LogP contribution is -2.52. The van der Waals surface area contributed by atoms with E-state index in [-0.39, 0.29) is 34.8 Å². The Morgan fingerprint density at radius 3 is 2.62 bits per heavy atom. The van der Waals surface area contributed by atoms with E-state index in [1.54, 1.807) is 13.0 Å². The van der Waals surface area contributed by atoms with E-state index in [9.17, 15) is 22.4 Å². The number of nitrogens with one attached hydrogen (secondary N) is 1. The number of benzene rings is 1. The molecule has 1 fully saturated rings. The molecule has 0 saturated carbocycles. The van der Waals surface area contributed by atoms with Gasteiger partial charge in [0.15, 0.2) is 9.84 Å². The molecule has 0 aliphatic carbocycles. The minimum absolute atomic E-state index is 0.0149. The molecule has 140 valence electrons. The maximum atomic E-state index is 14.2. The fourth-order valence-corrected chi connectivity index (χ4v) is 5.19. The normalized spacial score (nSPS) is 25.2. The molecule has 1 aromatic rings. The van der Waals surface area contributed by atoms with Crippen molar-refractivity contribution in [2.45, 2.75) is 25.4 Å². The Kier molecular flexibility index (Phi) is 4.74. The SMILES string of the molecule is COC(=O)C1=C(C)N([C@H]2CCS(=O)(=O)C2)C(=O)N[C@@H]1c1ccccc1F. The summed E-state index contributed by atoms with van der Waals surface area (Å²) in [4.78, 5) is 26.3. The Balaban J connectivity index is 2.09. The van der Waals surface area contributed by atoms with Gasteiger partial charge >= 0.3 is 12.0 Å². The molecule has 0 unspecified atom stereocenters. The summed E-state index contributed by atoms with van der Waals surface area (Å²) in [5.74, 6) is -1.46. The molecular formula is C17H19FN2O5S. The number of hydrogen-bond donors (Lipinski definition) is 1. The van der Waals surface area contributed by atoms with Gasteiger partial charge in [-0.1, -0.05) is 18.2 Å². The van der Waals surface area contributed by atoms with Gasteiger partial charge < -0.3 is 10.1 Å². The molecule has 3 rings (SSSR count). The fourth-order valence-electron chi connectivity index (χ4n) is 3.49. The van der Waals surface area contributed by atoms with Crippen LogP contribution >= 0.6 is 0 Å². The zero-order chi connectivity index (χ0) is 19.1. The number of halogens is 1. The van der Waals surface area contributed by atoms with Gasteiger partial charge in [0.1, 0.15) is 5.82 Å². The highest BCUT2D eigenvalue weighted by Gasteiger charge is 2.43. The van der Waals surface area contributed by atoms with Gasteiger partial charge in [-0.3, -0.25) is 4.90 Å². The third-order valence-corrected chi connectivity index (χ3v) is 6.47. The summed E-state index contributed by atoms with van der Waals surface area (Å²) in [6.07, 6.45) is 0.284. The Hall–Kier alpha value is -2.42. The molecule has 1 saturated heterocycles. The quantitative estimate of drug-likeness (QED) is 0.801. The van der Waals surface area contributed by atoms with Crippen molar-refractivity contribution in [1.29, 1.82) is 0 Å². The lowest BCUT2D eigenvalue weighted by molar-refractivity contribution is -0.136. The Bertz CT molecular complexity index is 896. The maximum Gasteiger partial charge on any atom is 0.337 e. The van der Waals surface area contributed by atoms with E-state index in [0.717, 1.165) is 0 Å². The van der Waals surface area contributed by atoms with Crippen LogP contribution in [-0.4, -0.2) is 50.0 Å². The van der Waals surface area contributed by atoms with E-state index in [4.69, 9.17) is 4.74 Å². The number of carbonyl (C=O) groups is 2. The van der Waals surface area contributed by atoms with Gasteiger partial charge in [0, 0.05) is 11.3 Å². The van der Waals surface area contributed by atoms with Crippen LogP contribution in [0.15, 0.2) is 35.5 Å². The van der Waals surface area contributed by atoms with Crippen molar-refractivity contribution in [1.82, 2.24) is 10.2 Å². The summed E-state index contributed by atoms with van der Waals surface area (Å²) in [5, 5.41) is 2.62. The number of hydrogen-bond acceptors (Lipinski definition) is 5. The molecule has 9 heteroatoms. The second-order valence-electron chi connectivity index (χ2n) is 6.32. The van der Waals surface area contributed by atoms with Crippen molar-refractivity contribution in [3.8, 4) is 0 Å². The molecule has 0 aromatic heterocycles. The molecule has 1 N–H and O–H groups in total. The summed E-state index contributed by atoms with van der Waals surface area (Å²) in [6.45, 7) is 1.55. The zero-order valence-corrected chi connectivity index (χ0v) is 15.2. The van der Waals surface area contributed by atoms with Crippen LogP contribution in [0.3, 0.4) is 0 Å². The molecule has 0 bridgehead atoms. The van der Waals surface area contributed by atoms with E-state index < -0.39 is 39.7 Å². The van der Waals surface area contributed by atoms with Crippen LogP contribution in [0.4, 0.5) is 9.18 Å². The number of ether oxygens (including phenoxy) is 1. The van der Waals surface area contributed by atoms with Gasteiger partial charge in [-0.05, 0) is 19.4 Å². The van der Waals surface area contributed by atoms with Gasteiger partial charge in [-0.25, -0.2) is 22.4 Å². The van der Waals surface area contributed by atoms with Gasteiger partial charge in [-0.2, -0.15) is 0 Å². The van der Waals surface area contributed by atoms with E-state index in [0.29, 0.717) is 0 Å². The Labute approximate surface area is 150 Å². The van der Waals surface area contributed by atoms with E-state index in [2.05, 4.69) is 5.32 Å². The second-order valence-corrected chi connectivity index (χ2v) is 8.55. The number of sulfone groups is 1. The second kappa shape index (κ2) is 6.71. The number of urea groups is 1. The first-order valence-corrected chi connectivity index (χ1v) is 9.91. The average molecular weight is 382 g/mol. The number of nitrogens with zero attached hydrogens (tertiary/aromatic N) is 1. The fraction of sp³-hybridized carbons (Fsp3) is 0.412. The predicted octanol–water partition coefficient (Wildman–Crippen LogP) is 1.53. The highest BCUT2D eigenvalue weighted by atomic mass is 32.2. The van der Waals surface area contributed by atoms with E-state index in [1.807, 2.05) is 0 Å². The van der Waals surface area contributed by atoms with Gasteiger partial charge in [0.05, 0.1) is 36.3 Å². The monoisotopic (exact) mass is 382 g/mol. The Morgan fingerprint density at radius 2 is 2.04 bits per heavy atom.